The summed E-state index contributed by atoms with van der Waals surface area (Å²) >= 11 is 0. The van der Waals surface area contributed by atoms with Crippen LogP contribution in [0.3, 0.4) is 0 Å². The van der Waals surface area contributed by atoms with E-state index in [1.54, 1.807) is 11.6 Å². The number of carbonyl (C=O) groups is 1. The standard InChI is InChI=1S/C13H20N4O3/c1-9(2)16-13(12(17(19)20)10(3)14-16)15-6-4-5-11(7-15)8-18/h8-9,11H,4-7H2,1-3H3. The van der Waals surface area contributed by atoms with Crippen molar-refractivity contribution in [3.8, 4) is 0 Å². The van der Waals surface area contributed by atoms with Crippen LogP contribution in [0.2, 0.25) is 0 Å². The molecule has 0 amide bonds. The molecule has 2 heterocycles. The van der Waals surface area contributed by atoms with Gasteiger partial charge in [-0.1, -0.05) is 0 Å². The molecule has 0 bridgehead atoms. The lowest BCUT2D eigenvalue weighted by Crippen LogP contribution is -2.37. The number of nitro groups is 1. The van der Waals surface area contributed by atoms with E-state index in [0.717, 1.165) is 25.7 Å². The van der Waals surface area contributed by atoms with Gasteiger partial charge in [0.1, 0.15) is 12.0 Å². The Morgan fingerprint density at radius 2 is 2.20 bits per heavy atom. The molecule has 1 fully saturated rings. The highest BCUT2D eigenvalue weighted by Crippen LogP contribution is 2.35. The summed E-state index contributed by atoms with van der Waals surface area (Å²) in [4.78, 5) is 23.9. The number of carbonyl (C=O) groups excluding carboxylic acids is 1. The zero-order valence-electron chi connectivity index (χ0n) is 12.1. The summed E-state index contributed by atoms with van der Waals surface area (Å²) in [7, 11) is 0. The average molecular weight is 280 g/mol. The van der Waals surface area contributed by atoms with Gasteiger partial charge in [0.25, 0.3) is 0 Å². The van der Waals surface area contributed by atoms with Gasteiger partial charge in [-0.05, 0) is 33.6 Å². The summed E-state index contributed by atoms with van der Waals surface area (Å²) in [5.41, 5.74) is 0.483. The molecule has 0 aromatic carbocycles. The van der Waals surface area contributed by atoms with Crippen LogP contribution in [0.25, 0.3) is 0 Å². The van der Waals surface area contributed by atoms with Crippen molar-refractivity contribution in [3.05, 3.63) is 15.8 Å². The van der Waals surface area contributed by atoms with Gasteiger partial charge in [0.15, 0.2) is 0 Å². The first-order valence-electron chi connectivity index (χ1n) is 6.89. The molecule has 0 N–H and O–H groups in total. The van der Waals surface area contributed by atoms with Crippen molar-refractivity contribution in [1.29, 1.82) is 0 Å². The van der Waals surface area contributed by atoms with Crippen LogP contribution in [0.1, 0.15) is 38.4 Å². The van der Waals surface area contributed by atoms with Crippen LogP contribution in [0.4, 0.5) is 11.5 Å². The predicted octanol–water partition coefficient (Wildman–Crippen LogP) is 2.10. The van der Waals surface area contributed by atoms with Crippen LogP contribution in [0.5, 0.6) is 0 Å². The van der Waals surface area contributed by atoms with Crippen molar-refractivity contribution >= 4 is 17.8 Å². The molecule has 0 spiro atoms. The molecule has 2 rings (SSSR count). The average Bonchev–Trinajstić information content (AvgIpc) is 2.76. The molecule has 0 aliphatic carbocycles. The fourth-order valence-corrected chi connectivity index (χ4v) is 2.71. The number of anilines is 1. The van der Waals surface area contributed by atoms with E-state index in [4.69, 9.17) is 0 Å². The molecule has 1 aliphatic heterocycles. The van der Waals surface area contributed by atoms with Gasteiger partial charge in [0.2, 0.25) is 5.82 Å². The molecular formula is C13H20N4O3. The van der Waals surface area contributed by atoms with Gasteiger partial charge in [-0.15, -0.1) is 0 Å². The Morgan fingerprint density at radius 1 is 1.50 bits per heavy atom. The SMILES string of the molecule is Cc1nn(C(C)C)c(N2CCCC(C=O)C2)c1[N+](=O)[O-]. The maximum Gasteiger partial charge on any atom is 0.333 e. The monoisotopic (exact) mass is 280 g/mol. The quantitative estimate of drug-likeness (QED) is 0.479. The lowest BCUT2D eigenvalue weighted by molar-refractivity contribution is -0.384. The molecule has 0 radical (unpaired) electrons. The van der Waals surface area contributed by atoms with Crippen LogP contribution >= 0.6 is 0 Å². The number of aromatic nitrogens is 2. The van der Waals surface area contributed by atoms with E-state index in [1.807, 2.05) is 18.7 Å². The molecule has 1 atom stereocenters. The third-order valence-electron chi connectivity index (χ3n) is 3.65. The van der Waals surface area contributed by atoms with Crippen LogP contribution in [-0.4, -0.2) is 34.1 Å². The van der Waals surface area contributed by atoms with Gasteiger partial charge in [-0.2, -0.15) is 5.10 Å². The van der Waals surface area contributed by atoms with Gasteiger partial charge in [0.05, 0.1) is 4.92 Å². The van der Waals surface area contributed by atoms with E-state index in [-0.39, 0.29) is 22.6 Å². The first kappa shape index (κ1) is 14.5. The number of piperidine rings is 1. The van der Waals surface area contributed by atoms with E-state index < -0.39 is 0 Å². The smallest absolute Gasteiger partial charge is 0.333 e. The summed E-state index contributed by atoms with van der Waals surface area (Å²) < 4.78 is 1.70. The first-order valence-corrected chi connectivity index (χ1v) is 6.89. The van der Waals surface area contributed by atoms with Gasteiger partial charge in [0, 0.05) is 25.0 Å². The summed E-state index contributed by atoms with van der Waals surface area (Å²) in [5, 5.41) is 15.6. The van der Waals surface area contributed by atoms with Crippen molar-refractivity contribution in [3.63, 3.8) is 0 Å². The number of hydrogen-bond donors (Lipinski definition) is 0. The molecule has 0 saturated carbocycles. The molecule has 1 unspecified atom stereocenters. The van der Waals surface area contributed by atoms with Crippen LogP contribution in [0.15, 0.2) is 0 Å². The van der Waals surface area contributed by atoms with Gasteiger partial charge in [-0.25, -0.2) is 4.68 Å². The minimum Gasteiger partial charge on any atom is -0.350 e. The number of aldehydes is 1. The second-order valence-electron chi connectivity index (χ2n) is 5.54. The van der Waals surface area contributed by atoms with Gasteiger partial charge < -0.3 is 9.69 Å². The Morgan fingerprint density at radius 3 is 2.75 bits per heavy atom. The highest BCUT2D eigenvalue weighted by molar-refractivity contribution is 5.64. The zero-order chi connectivity index (χ0) is 14.9. The molecule has 7 nitrogen and oxygen atoms in total. The van der Waals surface area contributed by atoms with E-state index in [0.29, 0.717) is 18.1 Å². The van der Waals surface area contributed by atoms with Crippen molar-refractivity contribution < 1.29 is 9.72 Å². The third-order valence-corrected chi connectivity index (χ3v) is 3.65. The van der Waals surface area contributed by atoms with E-state index >= 15 is 0 Å². The Labute approximate surface area is 117 Å². The minimum atomic E-state index is -0.374. The molecule has 1 aliphatic rings. The third kappa shape index (κ3) is 2.52. The molecular weight excluding hydrogens is 260 g/mol. The predicted molar refractivity (Wildman–Crippen MR) is 75.0 cm³/mol. The topological polar surface area (TPSA) is 81.3 Å². The number of hydrogen-bond acceptors (Lipinski definition) is 5. The zero-order valence-corrected chi connectivity index (χ0v) is 12.1. The Hall–Kier alpha value is -1.92. The normalized spacial score (nSPS) is 19.4. The molecule has 1 aromatic heterocycles. The maximum absolute atomic E-state index is 11.3. The Bertz CT molecular complexity index is 524. The lowest BCUT2D eigenvalue weighted by Gasteiger charge is -2.32. The van der Waals surface area contributed by atoms with Crippen molar-refractivity contribution in [2.45, 2.75) is 39.7 Å². The fourth-order valence-electron chi connectivity index (χ4n) is 2.71. The van der Waals surface area contributed by atoms with Gasteiger partial charge in [-0.3, -0.25) is 10.1 Å². The number of nitrogens with zero attached hydrogens (tertiary/aromatic N) is 4. The number of rotatable bonds is 4. The Kier molecular flexibility index (Phi) is 4.06. The largest absolute Gasteiger partial charge is 0.350 e. The van der Waals surface area contributed by atoms with E-state index in [2.05, 4.69) is 5.10 Å². The summed E-state index contributed by atoms with van der Waals surface area (Å²) in [6.45, 7) is 6.80. The molecule has 7 heteroatoms. The lowest BCUT2D eigenvalue weighted by atomic mass is 9.99. The first-order chi connectivity index (χ1) is 9.45. The molecule has 110 valence electrons. The minimum absolute atomic E-state index is 0.0361. The van der Waals surface area contributed by atoms with Crippen LogP contribution < -0.4 is 4.90 Å². The van der Waals surface area contributed by atoms with E-state index in [1.165, 1.54) is 0 Å². The van der Waals surface area contributed by atoms with Crippen molar-refractivity contribution in [2.75, 3.05) is 18.0 Å². The van der Waals surface area contributed by atoms with Crippen LogP contribution in [0, 0.1) is 23.0 Å². The van der Waals surface area contributed by atoms with Crippen molar-refractivity contribution in [1.82, 2.24) is 9.78 Å². The second-order valence-corrected chi connectivity index (χ2v) is 5.54. The molecule has 1 saturated heterocycles. The highest BCUT2D eigenvalue weighted by Gasteiger charge is 2.33. The maximum atomic E-state index is 11.3. The fraction of sp³-hybridized carbons (Fsp3) is 0.692. The Balaban J connectivity index is 2.47. The molecule has 20 heavy (non-hydrogen) atoms. The van der Waals surface area contributed by atoms with Crippen molar-refractivity contribution in [2.24, 2.45) is 5.92 Å². The van der Waals surface area contributed by atoms with E-state index in [9.17, 15) is 14.9 Å². The second kappa shape index (κ2) is 5.60. The summed E-state index contributed by atoms with van der Waals surface area (Å²) in [6, 6.07) is 0.0361. The highest BCUT2D eigenvalue weighted by atomic mass is 16.6. The summed E-state index contributed by atoms with van der Waals surface area (Å²) in [5.74, 6) is 0.480. The summed E-state index contributed by atoms with van der Waals surface area (Å²) in [6.07, 6.45) is 2.66. The number of aryl methyl sites for hydroxylation is 1. The molecule has 1 aromatic rings. The van der Waals surface area contributed by atoms with Crippen LogP contribution in [-0.2, 0) is 4.79 Å². The van der Waals surface area contributed by atoms with Gasteiger partial charge >= 0.3 is 5.69 Å².